The Morgan fingerprint density at radius 1 is 1.47 bits per heavy atom. The SMILES string of the molecule is CCOC(=O)c1cc2cccc(OCC3CO3)c2o1. The monoisotopic (exact) mass is 262 g/mol. The topological polar surface area (TPSA) is 61.2 Å². The van der Waals surface area contributed by atoms with Crippen LogP contribution in [0.5, 0.6) is 5.75 Å². The molecule has 0 bridgehead atoms. The average molecular weight is 262 g/mol. The molecule has 19 heavy (non-hydrogen) atoms. The zero-order chi connectivity index (χ0) is 13.2. The van der Waals surface area contributed by atoms with Gasteiger partial charge in [-0.05, 0) is 19.1 Å². The van der Waals surface area contributed by atoms with Crippen molar-refractivity contribution in [2.24, 2.45) is 0 Å². The van der Waals surface area contributed by atoms with Crippen LogP contribution in [0.15, 0.2) is 28.7 Å². The van der Waals surface area contributed by atoms with Crippen molar-refractivity contribution in [1.29, 1.82) is 0 Å². The maximum atomic E-state index is 11.6. The number of furan rings is 1. The van der Waals surface area contributed by atoms with E-state index in [2.05, 4.69) is 0 Å². The van der Waals surface area contributed by atoms with Crippen molar-refractivity contribution in [1.82, 2.24) is 0 Å². The van der Waals surface area contributed by atoms with E-state index in [1.54, 1.807) is 13.0 Å². The number of carbonyl (C=O) groups is 1. The smallest absolute Gasteiger partial charge is 0.374 e. The van der Waals surface area contributed by atoms with Crippen molar-refractivity contribution in [2.45, 2.75) is 13.0 Å². The lowest BCUT2D eigenvalue weighted by molar-refractivity contribution is 0.0492. The second-order valence-corrected chi connectivity index (χ2v) is 4.27. The standard InChI is InChI=1S/C14H14O5/c1-2-16-14(15)12-6-9-4-3-5-11(13(9)19-12)18-8-10-7-17-10/h3-6,10H,2,7-8H2,1H3. The predicted octanol–water partition coefficient (Wildman–Crippen LogP) is 2.39. The molecule has 0 amide bonds. The second-order valence-electron chi connectivity index (χ2n) is 4.27. The number of epoxide rings is 1. The minimum absolute atomic E-state index is 0.176. The third-order valence-electron chi connectivity index (χ3n) is 2.81. The van der Waals surface area contributed by atoms with Crippen LogP contribution < -0.4 is 4.74 Å². The summed E-state index contributed by atoms with van der Waals surface area (Å²) in [7, 11) is 0. The number of fused-ring (bicyclic) bond motifs is 1. The molecule has 2 aromatic rings. The second kappa shape index (κ2) is 4.93. The molecule has 5 heteroatoms. The van der Waals surface area contributed by atoms with Crippen LogP contribution in [0.4, 0.5) is 0 Å². The first kappa shape index (κ1) is 12.0. The first-order valence-electron chi connectivity index (χ1n) is 6.22. The number of benzene rings is 1. The fraction of sp³-hybridized carbons (Fsp3) is 0.357. The van der Waals surface area contributed by atoms with Gasteiger partial charge in [0.05, 0.1) is 13.2 Å². The molecule has 1 aromatic heterocycles. The Morgan fingerprint density at radius 2 is 2.32 bits per heavy atom. The summed E-state index contributed by atoms with van der Waals surface area (Å²) in [5.74, 6) is 0.342. The fourth-order valence-electron chi connectivity index (χ4n) is 1.80. The van der Waals surface area contributed by atoms with Gasteiger partial charge in [-0.3, -0.25) is 0 Å². The Balaban J connectivity index is 1.87. The molecule has 1 aliphatic rings. The first-order chi connectivity index (χ1) is 9.28. The third kappa shape index (κ3) is 2.56. The summed E-state index contributed by atoms with van der Waals surface area (Å²) in [4.78, 5) is 11.6. The molecule has 5 nitrogen and oxygen atoms in total. The quantitative estimate of drug-likeness (QED) is 0.611. The molecule has 1 fully saturated rings. The van der Waals surface area contributed by atoms with E-state index in [4.69, 9.17) is 18.6 Å². The average Bonchev–Trinajstić information content (AvgIpc) is 3.13. The van der Waals surface area contributed by atoms with Gasteiger partial charge in [-0.1, -0.05) is 12.1 Å². The Morgan fingerprint density at radius 3 is 3.05 bits per heavy atom. The lowest BCUT2D eigenvalue weighted by Crippen LogP contribution is -2.04. The number of hydrogen-bond acceptors (Lipinski definition) is 5. The van der Waals surface area contributed by atoms with Gasteiger partial charge in [0.25, 0.3) is 0 Å². The number of para-hydroxylation sites is 1. The maximum absolute atomic E-state index is 11.6. The van der Waals surface area contributed by atoms with E-state index < -0.39 is 5.97 Å². The van der Waals surface area contributed by atoms with Crippen molar-refractivity contribution in [2.75, 3.05) is 19.8 Å². The van der Waals surface area contributed by atoms with Gasteiger partial charge >= 0.3 is 5.97 Å². The van der Waals surface area contributed by atoms with Crippen LogP contribution >= 0.6 is 0 Å². The molecule has 1 saturated heterocycles. The molecule has 3 rings (SSSR count). The zero-order valence-corrected chi connectivity index (χ0v) is 10.5. The summed E-state index contributed by atoms with van der Waals surface area (Å²) in [6, 6.07) is 7.19. The summed E-state index contributed by atoms with van der Waals surface area (Å²) in [5, 5.41) is 0.817. The van der Waals surface area contributed by atoms with E-state index in [9.17, 15) is 4.79 Å². The number of hydrogen-bond donors (Lipinski definition) is 0. The van der Waals surface area contributed by atoms with Crippen LogP contribution in [-0.4, -0.2) is 31.9 Å². The highest BCUT2D eigenvalue weighted by atomic mass is 16.6. The summed E-state index contributed by atoms with van der Waals surface area (Å²) < 4.78 is 21.2. The number of rotatable bonds is 5. The lowest BCUT2D eigenvalue weighted by atomic mass is 10.2. The highest BCUT2D eigenvalue weighted by Gasteiger charge is 2.24. The normalized spacial score (nSPS) is 17.4. The highest BCUT2D eigenvalue weighted by molar-refractivity contribution is 5.94. The van der Waals surface area contributed by atoms with Crippen LogP contribution in [0.3, 0.4) is 0 Å². The first-order valence-corrected chi connectivity index (χ1v) is 6.22. The fourth-order valence-corrected chi connectivity index (χ4v) is 1.80. The van der Waals surface area contributed by atoms with E-state index in [0.29, 0.717) is 24.5 Å². The van der Waals surface area contributed by atoms with Crippen LogP contribution in [-0.2, 0) is 9.47 Å². The summed E-state index contributed by atoms with van der Waals surface area (Å²) in [5.41, 5.74) is 0.561. The molecule has 1 aliphatic heterocycles. The van der Waals surface area contributed by atoms with Crippen molar-refractivity contribution in [3.05, 3.63) is 30.0 Å². The molecule has 0 N–H and O–H groups in total. The molecular formula is C14H14O5. The largest absolute Gasteiger partial charge is 0.487 e. The van der Waals surface area contributed by atoms with Crippen molar-refractivity contribution in [3.8, 4) is 5.75 Å². The number of carbonyl (C=O) groups excluding carboxylic acids is 1. The number of ether oxygens (including phenoxy) is 3. The van der Waals surface area contributed by atoms with E-state index in [1.165, 1.54) is 0 Å². The van der Waals surface area contributed by atoms with Crippen LogP contribution in [0.2, 0.25) is 0 Å². The molecule has 0 aliphatic carbocycles. The maximum Gasteiger partial charge on any atom is 0.374 e. The minimum atomic E-state index is -0.463. The van der Waals surface area contributed by atoms with Gasteiger partial charge in [0.2, 0.25) is 5.76 Å². The van der Waals surface area contributed by atoms with Gasteiger partial charge in [-0.15, -0.1) is 0 Å². The molecule has 0 radical (unpaired) electrons. The van der Waals surface area contributed by atoms with E-state index in [0.717, 1.165) is 12.0 Å². The van der Waals surface area contributed by atoms with Gasteiger partial charge in [0.1, 0.15) is 12.7 Å². The molecule has 0 spiro atoms. The Bertz CT molecular complexity index is 597. The van der Waals surface area contributed by atoms with Crippen LogP contribution in [0, 0.1) is 0 Å². The minimum Gasteiger partial charge on any atom is -0.487 e. The Labute approximate surface area is 110 Å². The van der Waals surface area contributed by atoms with Crippen LogP contribution in [0.25, 0.3) is 11.0 Å². The van der Waals surface area contributed by atoms with Crippen molar-refractivity contribution >= 4 is 16.9 Å². The Kier molecular flexibility index (Phi) is 3.13. The van der Waals surface area contributed by atoms with Gasteiger partial charge in [-0.2, -0.15) is 0 Å². The zero-order valence-electron chi connectivity index (χ0n) is 10.5. The van der Waals surface area contributed by atoms with Gasteiger partial charge in [0, 0.05) is 5.39 Å². The highest BCUT2D eigenvalue weighted by Crippen LogP contribution is 2.29. The molecule has 100 valence electrons. The summed E-state index contributed by atoms with van der Waals surface area (Å²) >= 11 is 0. The predicted molar refractivity (Wildman–Crippen MR) is 67.4 cm³/mol. The number of esters is 1. The van der Waals surface area contributed by atoms with Crippen LogP contribution in [0.1, 0.15) is 17.5 Å². The molecule has 1 atom stereocenters. The molecular weight excluding hydrogens is 248 g/mol. The van der Waals surface area contributed by atoms with Gasteiger partial charge < -0.3 is 18.6 Å². The van der Waals surface area contributed by atoms with E-state index in [-0.39, 0.29) is 11.9 Å². The van der Waals surface area contributed by atoms with Crippen molar-refractivity contribution in [3.63, 3.8) is 0 Å². The molecule has 1 unspecified atom stereocenters. The van der Waals surface area contributed by atoms with Gasteiger partial charge in [0.15, 0.2) is 11.3 Å². The van der Waals surface area contributed by atoms with Gasteiger partial charge in [-0.25, -0.2) is 4.79 Å². The van der Waals surface area contributed by atoms with E-state index >= 15 is 0 Å². The summed E-state index contributed by atoms with van der Waals surface area (Å²) in [6.07, 6.45) is 0.176. The molecule has 1 aromatic carbocycles. The lowest BCUT2D eigenvalue weighted by Gasteiger charge is -2.03. The molecule has 2 heterocycles. The van der Waals surface area contributed by atoms with Crippen molar-refractivity contribution < 1.29 is 23.4 Å². The molecule has 0 saturated carbocycles. The third-order valence-corrected chi connectivity index (χ3v) is 2.81. The van der Waals surface area contributed by atoms with E-state index in [1.807, 2.05) is 18.2 Å². The summed E-state index contributed by atoms with van der Waals surface area (Å²) in [6.45, 7) is 3.31. The Hall–Kier alpha value is -2.01.